The molecule has 8 heteroatoms. The molecule has 184 valence electrons. The molecule has 3 heterocycles. The van der Waals surface area contributed by atoms with Gasteiger partial charge >= 0.3 is 6.09 Å². The van der Waals surface area contributed by atoms with E-state index in [4.69, 9.17) is 4.74 Å². The SMILES string of the molecule is CN1CCC(N2CCN(C(=O)[C@@](C)(NC(=O)OC(C)(C)C)C3CCN(C)CC3)CC2)CC1. The van der Waals surface area contributed by atoms with Crippen LogP contribution in [0.25, 0.3) is 0 Å². The van der Waals surface area contributed by atoms with Gasteiger partial charge in [0.15, 0.2) is 0 Å². The maximum Gasteiger partial charge on any atom is 0.408 e. The van der Waals surface area contributed by atoms with Crippen molar-refractivity contribution in [2.75, 3.05) is 66.5 Å². The van der Waals surface area contributed by atoms with Crippen LogP contribution in [0.5, 0.6) is 0 Å². The average Bonchev–Trinajstić information content (AvgIpc) is 2.73. The summed E-state index contributed by atoms with van der Waals surface area (Å²) in [7, 11) is 4.30. The molecule has 0 aliphatic carbocycles. The highest BCUT2D eigenvalue weighted by Gasteiger charge is 2.47. The van der Waals surface area contributed by atoms with Crippen molar-refractivity contribution in [3.05, 3.63) is 0 Å². The fourth-order valence-corrected chi connectivity index (χ4v) is 5.41. The van der Waals surface area contributed by atoms with Crippen LogP contribution in [0.4, 0.5) is 4.79 Å². The Kier molecular flexibility index (Phi) is 8.10. The fourth-order valence-electron chi connectivity index (χ4n) is 5.41. The van der Waals surface area contributed by atoms with Crippen LogP contribution >= 0.6 is 0 Å². The molecule has 0 radical (unpaired) electrons. The van der Waals surface area contributed by atoms with Crippen LogP contribution < -0.4 is 5.32 Å². The molecule has 8 nitrogen and oxygen atoms in total. The third kappa shape index (κ3) is 6.35. The zero-order chi connectivity index (χ0) is 23.5. The summed E-state index contributed by atoms with van der Waals surface area (Å²) in [6.45, 7) is 14.9. The van der Waals surface area contributed by atoms with E-state index in [9.17, 15) is 9.59 Å². The first-order chi connectivity index (χ1) is 15.0. The summed E-state index contributed by atoms with van der Waals surface area (Å²) in [6.07, 6.45) is 3.70. The van der Waals surface area contributed by atoms with Crippen LogP contribution in [-0.4, -0.2) is 115 Å². The number of rotatable bonds is 4. The third-order valence-corrected chi connectivity index (χ3v) is 7.55. The lowest BCUT2D eigenvalue weighted by Crippen LogP contribution is -2.66. The summed E-state index contributed by atoms with van der Waals surface area (Å²) in [5, 5.41) is 3.02. The number of nitrogens with one attached hydrogen (secondary N) is 1. The quantitative estimate of drug-likeness (QED) is 0.704. The number of piperazine rings is 1. The summed E-state index contributed by atoms with van der Waals surface area (Å²) in [4.78, 5) is 35.8. The Morgan fingerprint density at radius 3 is 1.78 bits per heavy atom. The normalized spacial score (nSPS) is 25.4. The molecule has 3 aliphatic heterocycles. The van der Waals surface area contributed by atoms with Gasteiger partial charge in [-0.2, -0.15) is 0 Å². The molecule has 0 spiro atoms. The van der Waals surface area contributed by atoms with Crippen molar-refractivity contribution in [2.24, 2.45) is 5.92 Å². The topological polar surface area (TPSA) is 68.4 Å². The molecule has 3 fully saturated rings. The van der Waals surface area contributed by atoms with E-state index in [0.29, 0.717) is 6.04 Å². The van der Waals surface area contributed by atoms with E-state index < -0.39 is 17.2 Å². The predicted octanol–water partition coefficient (Wildman–Crippen LogP) is 1.85. The molecule has 0 bridgehead atoms. The Bertz CT molecular complexity index is 643. The summed E-state index contributed by atoms with van der Waals surface area (Å²) in [5.74, 6) is 0.145. The van der Waals surface area contributed by atoms with Crippen molar-refractivity contribution in [3.63, 3.8) is 0 Å². The second kappa shape index (κ2) is 10.3. The maximum atomic E-state index is 13.8. The van der Waals surface area contributed by atoms with E-state index in [2.05, 4.69) is 34.1 Å². The lowest BCUT2D eigenvalue weighted by Gasteiger charge is -2.47. The van der Waals surface area contributed by atoms with Crippen molar-refractivity contribution in [1.29, 1.82) is 0 Å². The smallest absolute Gasteiger partial charge is 0.408 e. The minimum atomic E-state index is -0.945. The zero-order valence-electron chi connectivity index (χ0n) is 21.2. The second-order valence-electron chi connectivity index (χ2n) is 11.3. The van der Waals surface area contributed by atoms with Crippen molar-refractivity contribution in [2.45, 2.75) is 70.6 Å². The highest BCUT2D eigenvalue weighted by atomic mass is 16.6. The predicted molar refractivity (Wildman–Crippen MR) is 127 cm³/mol. The van der Waals surface area contributed by atoms with Crippen LogP contribution in [0, 0.1) is 5.92 Å². The van der Waals surface area contributed by atoms with E-state index in [0.717, 1.165) is 65.2 Å². The molecule has 32 heavy (non-hydrogen) atoms. The van der Waals surface area contributed by atoms with Crippen LogP contribution in [-0.2, 0) is 9.53 Å². The number of amides is 2. The Labute approximate surface area is 194 Å². The lowest BCUT2D eigenvalue weighted by atomic mass is 9.77. The van der Waals surface area contributed by atoms with Crippen molar-refractivity contribution in [3.8, 4) is 0 Å². The largest absolute Gasteiger partial charge is 0.444 e. The van der Waals surface area contributed by atoms with E-state index in [1.165, 1.54) is 12.8 Å². The van der Waals surface area contributed by atoms with Gasteiger partial charge in [0.05, 0.1) is 0 Å². The molecule has 3 saturated heterocycles. The molecule has 3 aliphatic rings. The number of hydrogen-bond acceptors (Lipinski definition) is 6. The number of likely N-dealkylation sites (tertiary alicyclic amines) is 2. The van der Waals surface area contributed by atoms with Crippen LogP contribution in [0.3, 0.4) is 0 Å². The minimum absolute atomic E-state index is 0.0425. The molecule has 0 aromatic heterocycles. The Morgan fingerprint density at radius 1 is 0.781 bits per heavy atom. The third-order valence-electron chi connectivity index (χ3n) is 7.55. The van der Waals surface area contributed by atoms with Crippen molar-refractivity contribution >= 4 is 12.0 Å². The molecular formula is C24H45N5O3. The fraction of sp³-hybridized carbons (Fsp3) is 0.917. The van der Waals surface area contributed by atoms with Gasteiger partial charge < -0.3 is 24.8 Å². The minimum Gasteiger partial charge on any atom is -0.444 e. The molecule has 0 saturated carbocycles. The molecule has 0 aromatic carbocycles. The van der Waals surface area contributed by atoms with Crippen molar-refractivity contribution in [1.82, 2.24) is 24.9 Å². The summed E-state index contributed by atoms with van der Waals surface area (Å²) in [6, 6.07) is 0.628. The van der Waals surface area contributed by atoms with Gasteiger partial charge in [0.1, 0.15) is 11.1 Å². The number of nitrogens with zero attached hydrogens (tertiary/aromatic N) is 4. The van der Waals surface area contributed by atoms with E-state index in [1.54, 1.807) is 0 Å². The molecule has 0 unspecified atom stereocenters. The number of carbonyl (C=O) groups excluding carboxylic acids is 2. The van der Waals surface area contributed by atoms with Gasteiger partial charge in [-0.1, -0.05) is 0 Å². The molecule has 2 amide bonds. The number of alkyl carbamates (subject to hydrolysis) is 1. The molecule has 3 rings (SSSR count). The standard InChI is InChI=1S/C24H45N5O3/c1-23(2,3)32-22(31)25-24(4,19-7-11-26(5)12-8-19)21(30)29-17-15-28(16-18-29)20-9-13-27(6)14-10-20/h19-20H,7-18H2,1-6H3,(H,25,31)/t24-/m0/s1. The van der Waals surface area contributed by atoms with Gasteiger partial charge in [-0.3, -0.25) is 9.69 Å². The average molecular weight is 452 g/mol. The summed E-state index contributed by atoms with van der Waals surface area (Å²) in [5.41, 5.74) is -1.54. The van der Waals surface area contributed by atoms with E-state index in [1.807, 2.05) is 32.6 Å². The first kappa shape index (κ1) is 25.2. The van der Waals surface area contributed by atoms with Gasteiger partial charge in [0.2, 0.25) is 5.91 Å². The Hall–Kier alpha value is -1.38. The summed E-state index contributed by atoms with van der Waals surface area (Å²) < 4.78 is 5.54. The first-order valence-corrected chi connectivity index (χ1v) is 12.4. The lowest BCUT2D eigenvalue weighted by molar-refractivity contribution is -0.143. The van der Waals surface area contributed by atoms with Gasteiger partial charge in [0, 0.05) is 32.2 Å². The van der Waals surface area contributed by atoms with Gasteiger partial charge in [-0.05, 0) is 99.6 Å². The highest BCUT2D eigenvalue weighted by Crippen LogP contribution is 2.31. The van der Waals surface area contributed by atoms with Gasteiger partial charge in [-0.15, -0.1) is 0 Å². The first-order valence-electron chi connectivity index (χ1n) is 12.4. The number of hydrogen-bond donors (Lipinski definition) is 1. The molecule has 1 N–H and O–H groups in total. The van der Waals surface area contributed by atoms with Crippen LogP contribution in [0.1, 0.15) is 53.4 Å². The second-order valence-corrected chi connectivity index (χ2v) is 11.3. The summed E-state index contributed by atoms with van der Waals surface area (Å²) >= 11 is 0. The molecular weight excluding hydrogens is 406 g/mol. The van der Waals surface area contributed by atoms with Crippen molar-refractivity contribution < 1.29 is 14.3 Å². The van der Waals surface area contributed by atoms with Gasteiger partial charge in [0.25, 0.3) is 0 Å². The van der Waals surface area contributed by atoms with Crippen LogP contribution in [0.15, 0.2) is 0 Å². The van der Waals surface area contributed by atoms with E-state index >= 15 is 0 Å². The number of carbonyl (C=O) groups is 2. The van der Waals surface area contributed by atoms with Crippen LogP contribution in [0.2, 0.25) is 0 Å². The monoisotopic (exact) mass is 451 g/mol. The number of ether oxygens (including phenoxy) is 1. The molecule has 1 atom stereocenters. The zero-order valence-corrected chi connectivity index (χ0v) is 21.2. The Balaban J connectivity index is 1.66. The molecule has 0 aromatic rings. The maximum absolute atomic E-state index is 13.8. The highest BCUT2D eigenvalue weighted by molar-refractivity contribution is 5.90. The van der Waals surface area contributed by atoms with E-state index in [-0.39, 0.29) is 11.8 Å². The van der Waals surface area contributed by atoms with Gasteiger partial charge in [-0.25, -0.2) is 4.79 Å². The Morgan fingerprint density at radius 2 is 1.28 bits per heavy atom. The number of piperidine rings is 2.